The second kappa shape index (κ2) is 7.84. The molecule has 0 N–H and O–H groups in total. The molecule has 2 aliphatic heterocycles. The Labute approximate surface area is 174 Å². The molecule has 0 aliphatic carbocycles. The number of Topliss-reactive ketones (excluding diaryl/α,β-unsaturated/α-hetero) is 1. The lowest BCUT2D eigenvalue weighted by atomic mass is 10.1. The van der Waals surface area contributed by atoms with Crippen LogP contribution in [-0.4, -0.2) is 50.1 Å². The van der Waals surface area contributed by atoms with Crippen LogP contribution in [0.3, 0.4) is 0 Å². The number of hydrogen-bond donors (Lipinski definition) is 0. The molecule has 1 saturated heterocycles. The summed E-state index contributed by atoms with van der Waals surface area (Å²) in [6.07, 6.45) is 0. The molecule has 152 valence electrons. The van der Waals surface area contributed by atoms with Gasteiger partial charge in [-0.15, -0.1) is 0 Å². The highest BCUT2D eigenvalue weighted by molar-refractivity contribution is 8.13. The van der Waals surface area contributed by atoms with Crippen molar-refractivity contribution in [3.63, 3.8) is 0 Å². The van der Waals surface area contributed by atoms with Crippen molar-refractivity contribution in [3.05, 3.63) is 59.7 Å². The summed E-state index contributed by atoms with van der Waals surface area (Å²) in [4.78, 5) is 18.6. The van der Waals surface area contributed by atoms with Crippen molar-refractivity contribution in [1.82, 2.24) is 0 Å². The van der Waals surface area contributed by atoms with Crippen molar-refractivity contribution in [2.75, 3.05) is 23.5 Å². The molecule has 2 atom stereocenters. The second-order valence-corrected chi connectivity index (χ2v) is 10.3. The van der Waals surface area contributed by atoms with Crippen molar-refractivity contribution in [2.24, 2.45) is 4.99 Å². The largest absolute Gasteiger partial charge is 0.497 e. The Balaban J connectivity index is 1.61. The van der Waals surface area contributed by atoms with Gasteiger partial charge in [-0.25, -0.2) is 8.42 Å². The minimum Gasteiger partial charge on any atom is -0.497 e. The number of ether oxygens (including phenoxy) is 1. The van der Waals surface area contributed by atoms with Crippen molar-refractivity contribution in [2.45, 2.75) is 24.8 Å². The average Bonchev–Trinajstić information content (AvgIpc) is 3.17. The van der Waals surface area contributed by atoms with Crippen LogP contribution >= 0.6 is 11.8 Å². The summed E-state index contributed by atoms with van der Waals surface area (Å²) in [6.45, 7) is 1.53. The number of ketones is 1. The highest BCUT2D eigenvalue weighted by Gasteiger charge is 2.47. The molecular formula is C21H22N2O4S2. The summed E-state index contributed by atoms with van der Waals surface area (Å²) in [6, 6.07) is 14.7. The minimum absolute atomic E-state index is 0.0222. The number of sulfone groups is 1. The topological polar surface area (TPSA) is 76.0 Å². The van der Waals surface area contributed by atoms with Gasteiger partial charge in [-0.1, -0.05) is 36.0 Å². The van der Waals surface area contributed by atoms with Crippen molar-refractivity contribution < 1.29 is 17.9 Å². The molecule has 2 aromatic rings. The Morgan fingerprint density at radius 2 is 1.97 bits per heavy atom. The third-order valence-corrected chi connectivity index (χ3v) is 7.90. The number of hydrogen-bond acceptors (Lipinski definition) is 7. The van der Waals surface area contributed by atoms with Gasteiger partial charge >= 0.3 is 0 Å². The maximum absolute atomic E-state index is 12.2. The zero-order valence-electron chi connectivity index (χ0n) is 16.2. The van der Waals surface area contributed by atoms with Gasteiger partial charge in [0.15, 0.2) is 20.8 Å². The summed E-state index contributed by atoms with van der Waals surface area (Å²) in [5.41, 5.74) is 2.54. The number of anilines is 1. The van der Waals surface area contributed by atoms with E-state index in [1.165, 1.54) is 6.92 Å². The van der Waals surface area contributed by atoms with Crippen molar-refractivity contribution in [1.29, 1.82) is 0 Å². The molecule has 0 radical (unpaired) electrons. The number of amidine groups is 1. The number of carbonyl (C=O) groups is 1. The maximum atomic E-state index is 12.2. The lowest BCUT2D eigenvalue weighted by Crippen LogP contribution is -2.39. The SMILES string of the molecule is COc1ccc(CSC2=N[C@@H]3CS(=O)(=O)C[C@@H]3N2c2cccc(C(C)=O)c2)cc1. The van der Waals surface area contributed by atoms with Gasteiger partial charge in [0, 0.05) is 17.0 Å². The fourth-order valence-corrected chi connectivity index (χ4v) is 6.60. The Kier molecular flexibility index (Phi) is 5.40. The number of nitrogens with zero attached hydrogens (tertiary/aromatic N) is 2. The van der Waals surface area contributed by atoms with Crippen LogP contribution in [0.4, 0.5) is 5.69 Å². The highest BCUT2D eigenvalue weighted by Crippen LogP contribution is 2.36. The number of methoxy groups -OCH3 is 1. The first-order valence-corrected chi connectivity index (χ1v) is 12.1. The first-order valence-electron chi connectivity index (χ1n) is 9.30. The molecule has 8 heteroatoms. The molecular weight excluding hydrogens is 408 g/mol. The third kappa shape index (κ3) is 4.18. The van der Waals surface area contributed by atoms with Crippen molar-refractivity contribution >= 4 is 38.2 Å². The molecule has 0 saturated carbocycles. The fraction of sp³-hybridized carbons (Fsp3) is 0.333. The Morgan fingerprint density at radius 3 is 2.66 bits per heavy atom. The summed E-state index contributed by atoms with van der Waals surface area (Å²) in [7, 11) is -1.47. The van der Waals surface area contributed by atoms with Gasteiger partial charge in [0.05, 0.1) is 30.7 Å². The van der Waals surface area contributed by atoms with Gasteiger partial charge in [-0.3, -0.25) is 9.79 Å². The molecule has 0 amide bonds. The number of benzene rings is 2. The van der Waals surface area contributed by atoms with Crippen LogP contribution in [0.1, 0.15) is 22.8 Å². The van der Waals surface area contributed by atoms with E-state index in [1.54, 1.807) is 24.9 Å². The number of aliphatic imine (C=N–C) groups is 1. The van der Waals surface area contributed by atoms with Crippen LogP contribution in [0.25, 0.3) is 0 Å². The van der Waals surface area contributed by atoms with Crippen LogP contribution in [-0.2, 0) is 15.6 Å². The van der Waals surface area contributed by atoms with E-state index in [0.717, 1.165) is 22.2 Å². The fourth-order valence-electron chi connectivity index (χ4n) is 3.68. The predicted molar refractivity (Wildman–Crippen MR) is 117 cm³/mol. The quantitative estimate of drug-likeness (QED) is 0.678. The lowest BCUT2D eigenvalue weighted by Gasteiger charge is -2.26. The Bertz CT molecular complexity index is 1060. The van der Waals surface area contributed by atoms with Crippen LogP contribution in [0.2, 0.25) is 0 Å². The van der Waals surface area contributed by atoms with Gasteiger partial charge in [-0.05, 0) is 36.8 Å². The first kappa shape index (κ1) is 20.0. The number of fused-ring (bicyclic) bond motifs is 1. The molecule has 0 unspecified atom stereocenters. The number of thioether (sulfide) groups is 1. The Morgan fingerprint density at radius 1 is 1.21 bits per heavy atom. The average molecular weight is 431 g/mol. The smallest absolute Gasteiger partial charge is 0.164 e. The van der Waals surface area contributed by atoms with Crippen molar-refractivity contribution in [3.8, 4) is 5.75 Å². The first-order chi connectivity index (χ1) is 13.9. The minimum atomic E-state index is -3.11. The zero-order chi connectivity index (χ0) is 20.6. The monoisotopic (exact) mass is 430 g/mol. The normalized spacial score (nSPS) is 22.3. The van der Waals surface area contributed by atoms with Gasteiger partial charge in [0.1, 0.15) is 5.75 Å². The van der Waals surface area contributed by atoms with Crippen LogP contribution in [0, 0.1) is 0 Å². The lowest BCUT2D eigenvalue weighted by molar-refractivity contribution is 0.101. The molecule has 0 bridgehead atoms. The van der Waals surface area contributed by atoms with E-state index >= 15 is 0 Å². The summed E-state index contributed by atoms with van der Waals surface area (Å²) >= 11 is 1.58. The summed E-state index contributed by atoms with van der Waals surface area (Å²) in [5.74, 6) is 1.65. The summed E-state index contributed by atoms with van der Waals surface area (Å²) < 4.78 is 29.5. The zero-order valence-corrected chi connectivity index (χ0v) is 17.9. The molecule has 2 heterocycles. The third-order valence-electron chi connectivity index (χ3n) is 5.17. The van der Waals surface area contributed by atoms with E-state index in [4.69, 9.17) is 9.73 Å². The number of carbonyl (C=O) groups excluding carboxylic acids is 1. The van der Waals surface area contributed by atoms with Gasteiger partial charge in [0.25, 0.3) is 0 Å². The molecule has 6 nitrogen and oxygen atoms in total. The maximum Gasteiger partial charge on any atom is 0.164 e. The van der Waals surface area contributed by atoms with E-state index in [0.29, 0.717) is 11.3 Å². The predicted octanol–water partition coefficient (Wildman–Crippen LogP) is 3.17. The molecule has 1 fully saturated rings. The van der Waals surface area contributed by atoms with Gasteiger partial charge < -0.3 is 9.64 Å². The van der Waals surface area contributed by atoms with Gasteiger partial charge in [0.2, 0.25) is 0 Å². The van der Waals surface area contributed by atoms with E-state index in [-0.39, 0.29) is 29.4 Å². The Hall–Kier alpha value is -2.32. The molecule has 0 spiro atoms. The molecule has 0 aromatic heterocycles. The molecule has 2 aromatic carbocycles. The molecule has 29 heavy (non-hydrogen) atoms. The highest BCUT2D eigenvalue weighted by atomic mass is 32.2. The van der Waals surface area contributed by atoms with Gasteiger partial charge in [-0.2, -0.15) is 0 Å². The van der Waals surface area contributed by atoms with E-state index < -0.39 is 9.84 Å². The van der Waals surface area contributed by atoms with Crippen LogP contribution in [0.15, 0.2) is 53.5 Å². The van der Waals surface area contributed by atoms with E-state index in [1.807, 2.05) is 47.4 Å². The summed E-state index contributed by atoms with van der Waals surface area (Å²) in [5, 5.41) is 0.798. The number of rotatable bonds is 5. The van der Waals surface area contributed by atoms with Crippen LogP contribution < -0.4 is 9.64 Å². The standard InChI is InChI=1S/C21H22N2O4S2/c1-14(24)16-4-3-5-17(10-16)23-20-13-29(25,26)12-19(20)22-21(23)28-11-15-6-8-18(27-2)9-7-15/h3-10,19-20H,11-13H2,1-2H3/t19-,20+/m1/s1. The van der Waals surface area contributed by atoms with E-state index in [9.17, 15) is 13.2 Å². The molecule has 4 rings (SSSR count). The second-order valence-electron chi connectivity index (χ2n) is 7.24. The molecule has 2 aliphatic rings. The van der Waals surface area contributed by atoms with E-state index in [2.05, 4.69) is 0 Å². The van der Waals surface area contributed by atoms with Crippen LogP contribution in [0.5, 0.6) is 5.75 Å².